The van der Waals surface area contributed by atoms with Gasteiger partial charge in [0.15, 0.2) is 0 Å². The van der Waals surface area contributed by atoms with Gasteiger partial charge < -0.3 is 57.6 Å². The molecule has 0 bridgehead atoms. The summed E-state index contributed by atoms with van der Waals surface area (Å²) in [5.41, 5.74) is 0. The Kier molecular flexibility index (Phi) is 16.1. The number of rotatable bonds is 19. The van der Waals surface area contributed by atoms with E-state index in [1.807, 2.05) is 0 Å². The zero-order chi connectivity index (χ0) is 21.5. The van der Waals surface area contributed by atoms with Crippen LogP contribution in [0.4, 0.5) is 0 Å². The Labute approximate surface area is 169 Å². The molecule has 0 aliphatic heterocycles. The molecule has 2 unspecified atom stereocenters. The second-order valence-corrected chi connectivity index (χ2v) is 9.59. The van der Waals surface area contributed by atoms with E-state index in [0.717, 1.165) is 0 Å². The molecule has 0 saturated carbocycles. The first-order valence-corrected chi connectivity index (χ1v) is 12.2. The van der Waals surface area contributed by atoms with E-state index < -0.39 is 33.9 Å². The predicted molar refractivity (Wildman–Crippen MR) is 109 cm³/mol. The third kappa shape index (κ3) is 22.5. The van der Waals surface area contributed by atoms with Gasteiger partial charge in [-0.15, -0.1) is 0 Å². The van der Waals surface area contributed by atoms with Crippen molar-refractivity contribution in [2.45, 2.75) is 25.0 Å². The normalized spacial score (nSPS) is 16.1. The average Bonchev–Trinajstić information content (AvgIpc) is 2.55. The van der Waals surface area contributed by atoms with Gasteiger partial charge in [-0.1, -0.05) is 0 Å². The van der Waals surface area contributed by atoms with Crippen LogP contribution in [0.15, 0.2) is 0 Å². The largest absolute Gasteiger partial charge is 0.389 e. The van der Waals surface area contributed by atoms with Crippen LogP contribution in [-0.4, -0.2) is 114 Å². The summed E-state index contributed by atoms with van der Waals surface area (Å²) in [6.07, 6.45) is -0.876. The third-order valence-corrected chi connectivity index (χ3v) is 4.95. The molecule has 14 heteroatoms. The molecule has 174 valence electrons. The summed E-state index contributed by atoms with van der Waals surface area (Å²) in [4.78, 5) is 0. The van der Waals surface area contributed by atoms with Crippen LogP contribution in [0.2, 0.25) is 0 Å². The summed E-state index contributed by atoms with van der Waals surface area (Å²) in [7, 11) is -6.96. The summed E-state index contributed by atoms with van der Waals surface area (Å²) >= 11 is 0. The van der Waals surface area contributed by atoms with E-state index in [9.17, 15) is 10.2 Å². The van der Waals surface area contributed by atoms with Crippen LogP contribution in [0.1, 0.15) is 12.8 Å². The monoisotopic (exact) mass is 456 g/mol. The first-order valence-electron chi connectivity index (χ1n) is 8.89. The van der Waals surface area contributed by atoms with Crippen LogP contribution in [0, 0.1) is 0 Å². The van der Waals surface area contributed by atoms with Crippen molar-refractivity contribution in [2.75, 3.05) is 64.1 Å². The van der Waals surface area contributed by atoms with Gasteiger partial charge in [-0.25, -0.2) is 0 Å². The van der Waals surface area contributed by atoms with E-state index in [2.05, 4.69) is 10.6 Å². The molecule has 0 radical (unpaired) electrons. The minimum atomic E-state index is -3.48. The van der Waals surface area contributed by atoms with Crippen LogP contribution in [0.3, 0.4) is 0 Å². The molecule has 0 aromatic rings. The van der Waals surface area contributed by atoms with Gasteiger partial charge in [0, 0.05) is 50.9 Å². The molecular weight excluding hydrogens is 420 g/mol. The molecule has 2 atom stereocenters. The van der Waals surface area contributed by atoms with Crippen molar-refractivity contribution < 1.29 is 47.0 Å². The number of nitrogens with one attached hydrogen (secondary N) is 2. The summed E-state index contributed by atoms with van der Waals surface area (Å²) < 4.78 is 62.9. The Hall–Kier alpha value is 0.220. The van der Waals surface area contributed by atoms with Crippen LogP contribution in [0.5, 0.6) is 0 Å². The Balaban J connectivity index is 3.39. The highest BCUT2D eigenvalue weighted by molar-refractivity contribution is 8.19. The fraction of sp³-hybridized carbons (Fsp3) is 1.00. The number of ether oxygens (including phenoxy) is 2. The van der Waals surface area contributed by atoms with Crippen molar-refractivity contribution in [3.05, 3.63) is 0 Å². The van der Waals surface area contributed by atoms with Gasteiger partial charge in [-0.2, -0.15) is 0 Å². The highest BCUT2D eigenvalue weighted by atomic mass is 32.3. The molecule has 0 amide bonds. The van der Waals surface area contributed by atoms with Gasteiger partial charge in [-0.05, 0) is 12.8 Å². The lowest BCUT2D eigenvalue weighted by Gasteiger charge is -2.19. The van der Waals surface area contributed by atoms with E-state index in [4.69, 9.17) is 36.8 Å². The van der Waals surface area contributed by atoms with Gasteiger partial charge in [0.25, 0.3) is 0 Å². The summed E-state index contributed by atoms with van der Waals surface area (Å²) in [6.45, 7) is 2.33. The zero-order valence-corrected chi connectivity index (χ0v) is 17.5. The van der Waals surface area contributed by atoms with Crippen molar-refractivity contribution in [3.63, 3.8) is 0 Å². The fourth-order valence-electron chi connectivity index (χ4n) is 1.98. The van der Waals surface area contributed by atoms with Crippen LogP contribution in [0.25, 0.3) is 0 Å². The maximum atomic E-state index is 9.69. The molecular formula is C14H36N2O10S2. The van der Waals surface area contributed by atoms with Crippen molar-refractivity contribution in [1.82, 2.24) is 10.6 Å². The zero-order valence-electron chi connectivity index (χ0n) is 15.9. The Morgan fingerprint density at radius 1 is 0.643 bits per heavy atom. The van der Waals surface area contributed by atoms with Crippen molar-refractivity contribution in [3.8, 4) is 0 Å². The van der Waals surface area contributed by atoms with Crippen molar-refractivity contribution in [2.24, 2.45) is 0 Å². The lowest BCUT2D eigenvalue weighted by atomic mass is 10.3. The first kappa shape index (κ1) is 28.2. The lowest BCUT2D eigenvalue weighted by molar-refractivity contribution is 0.0357. The molecule has 28 heavy (non-hydrogen) atoms. The molecule has 12 nitrogen and oxygen atoms in total. The molecule has 0 spiro atoms. The predicted octanol–water partition coefficient (Wildman–Crippen LogP) is 0.148. The van der Waals surface area contributed by atoms with Crippen LogP contribution < -0.4 is 10.6 Å². The SMILES string of the molecule is OC(CNCCNCC(O)COCCCS(O)(O)O)COCCCS(O)(O)O. The quantitative estimate of drug-likeness (QED) is 0.118. The van der Waals surface area contributed by atoms with E-state index in [-0.39, 0.29) is 50.8 Å². The second kappa shape index (κ2) is 16.0. The third-order valence-electron chi connectivity index (χ3n) is 3.27. The molecule has 0 heterocycles. The molecule has 0 aliphatic carbocycles. The molecule has 0 fully saturated rings. The molecule has 0 rings (SSSR count). The van der Waals surface area contributed by atoms with E-state index in [1.54, 1.807) is 0 Å². The standard InChI is InChI=1S/C14H36N2O10S2/c17-13(11-25-5-1-7-27(19,20)21)9-15-3-4-16-10-14(18)12-26-6-2-8-28(22,23)24/h13-24H,1-12H2. The molecule has 0 aromatic carbocycles. The maximum Gasteiger partial charge on any atom is 0.0897 e. The minimum Gasteiger partial charge on any atom is -0.389 e. The van der Waals surface area contributed by atoms with Gasteiger partial charge >= 0.3 is 0 Å². The first-order chi connectivity index (χ1) is 13.0. The van der Waals surface area contributed by atoms with Gasteiger partial charge in [-0.3, -0.25) is 0 Å². The van der Waals surface area contributed by atoms with Crippen molar-refractivity contribution in [1.29, 1.82) is 0 Å². The van der Waals surface area contributed by atoms with Crippen molar-refractivity contribution >= 4 is 21.7 Å². The number of aliphatic hydroxyl groups excluding tert-OH is 2. The van der Waals surface area contributed by atoms with Gasteiger partial charge in [0.05, 0.1) is 47.2 Å². The van der Waals surface area contributed by atoms with Crippen LogP contribution in [-0.2, 0) is 9.47 Å². The second-order valence-electron chi connectivity index (χ2n) is 6.25. The molecule has 0 aromatic heterocycles. The molecule has 0 aliphatic rings. The van der Waals surface area contributed by atoms with E-state index in [1.165, 1.54) is 0 Å². The Morgan fingerprint density at radius 3 is 1.32 bits per heavy atom. The highest BCUT2D eigenvalue weighted by Gasteiger charge is 2.11. The highest BCUT2D eigenvalue weighted by Crippen LogP contribution is 2.33. The minimum absolute atomic E-state index is 0.0898. The average molecular weight is 457 g/mol. The number of hydrogen-bond donors (Lipinski definition) is 10. The van der Waals surface area contributed by atoms with Gasteiger partial charge in [0.1, 0.15) is 0 Å². The fourth-order valence-corrected chi connectivity index (χ4v) is 2.99. The topological polar surface area (TPSA) is 204 Å². The number of aliphatic hydroxyl groups is 2. The van der Waals surface area contributed by atoms with E-state index >= 15 is 0 Å². The summed E-state index contributed by atoms with van der Waals surface area (Å²) in [6, 6.07) is 0. The summed E-state index contributed by atoms with van der Waals surface area (Å²) in [5, 5.41) is 25.4. The molecule has 10 N–H and O–H groups in total. The Bertz CT molecular complexity index is 337. The molecule has 0 saturated heterocycles. The smallest absolute Gasteiger partial charge is 0.0897 e. The maximum absolute atomic E-state index is 9.69. The van der Waals surface area contributed by atoms with E-state index in [0.29, 0.717) is 26.2 Å². The Morgan fingerprint density at radius 2 is 1.00 bits per heavy atom. The lowest BCUT2D eigenvalue weighted by Crippen LogP contribution is -2.37. The van der Waals surface area contributed by atoms with Crippen LogP contribution >= 0.6 is 21.7 Å². The summed E-state index contributed by atoms with van der Waals surface area (Å²) in [5.74, 6) is -0.307. The number of hydrogen-bond acceptors (Lipinski definition) is 12. The van der Waals surface area contributed by atoms with Gasteiger partial charge in [0.2, 0.25) is 0 Å².